The van der Waals surface area contributed by atoms with Gasteiger partial charge >= 0.3 is 5.56 Å². The number of aromatic amines is 1. The first-order valence-electron chi connectivity index (χ1n) is 9.18. The Morgan fingerprint density at radius 2 is 2.12 bits per heavy atom. The largest absolute Gasteiger partial charge is 0.336 e. The van der Waals surface area contributed by atoms with Crippen molar-refractivity contribution in [2.75, 3.05) is 5.32 Å². The Kier molecular flexibility index (Phi) is 4.44. The zero-order valence-electron chi connectivity index (χ0n) is 14.8. The standard InChI is InChI=1S/C19H22FN5O/c1-2-10-25-17-15(22-16(23-17)12-6-3-4-7-12)18(26)24-19(25)21-14-9-5-8-13(20)11-14/h5,8-9,11-12H,2-4,6-7,10H2,1H3,(H,22,23)(H,21,24,26). The Morgan fingerprint density at radius 3 is 2.85 bits per heavy atom. The summed E-state index contributed by atoms with van der Waals surface area (Å²) < 4.78 is 15.4. The normalized spacial score (nSPS) is 15.0. The van der Waals surface area contributed by atoms with Gasteiger partial charge in [0.05, 0.1) is 0 Å². The number of nitrogens with one attached hydrogen (secondary N) is 2. The van der Waals surface area contributed by atoms with Crippen molar-refractivity contribution in [2.45, 2.75) is 51.5 Å². The number of halogens is 1. The van der Waals surface area contributed by atoms with E-state index in [1.807, 2.05) is 4.57 Å². The molecule has 0 bridgehead atoms. The molecular formula is C19H22FN5O. The van der Waals surface area contributed by atoms with Crippen LogP contribution in [-0.2, 0) is 6.54 Å². The van der Waals surface area contributed by atoms with E-state index in [0.717, 1.165) is 25.1 Å². The van der Waals surface area contributed by atoms with E-state index >= 15 is 0 Å². The van der Waals surface area contributed by atoms with Crippen molar-refractivity contribution < 1.29 is 4.39 Å². The number of fused-ring (bicyclic) bond motifs is 1. The fraction of sp³-hybridized carbons (Fsp3) is 0.421. The second-order valence-electron chi connectivity index (χ2n) is 6.83. The highest BCUT2D eigenvalue weighted by Gasteiger charge is 2.23. The lowest BCUT2D eigenvalue weighted by atomic mass is 10.1. The highest BCUT2D eigenvalue weighted by Crippen LogP contribution is 2.33. The lowest BCUT2D eigenvalue weighted by molar-refractivity contribution is 0.628. The van der Waals surface area contributed by atoms with Crippen LogP contribution in [0.25, 0.3) is 11.2 Å². The summed E-state index contributed by atoms with van der Waals surface area (Å²) in [4.78, 5) is 24.7. The molecule has 6 nitrogen and oxygen atoms in total. The Labute approximate surface area is 150 Å². The van der Waals surface area contributed by atoms with Crippen LogP contribution < -0.4 is 10.9 Å². The van der Waals surface area contributed by atoms with E-state index in [0.29, 0.717) is 35.3 Å². The number of H-pyrrole nitrogens is 1. The van der Waals surface area contributed by atoms with Gasteiger partial charge in [0, 0.05) is 18.2 Å². The van der Waals surface area contributed by atoms with Crippen molar-refractivity contribution >= 4 is 22.8 Å². The van der Waals surface area contributed by atoms with Crippen molar-refractivity contribution in [1.29, 1.82) is 0 Å². The van der Waals surface area contributed by atoms with Gasteiger partial charge < -0.3 is 10.3 Å². The predicted octanol–water partition coefficient (Wildman–Crippen LogP) is 4.07. The summed E-state index contributed by atoms with van der Waals surface area (Å²) in [6.07, 6.45) is 5.47. The zero-order chi connectivity index (χ0) is 18.1. The molecule has 0 radical (unpaired) electrons. The smallest absolute Gasteiger partial charge is 0.300 e. The van der Waals surface area contributed by atoms with Gasteiger partial charge in [-0.3, -0.25) is 9.36 Å². The van der Waals surface area contributed by atoms with E-state index in [1.54, 1.807) is 12.1 Å². The lowest BCUT2D eigenvalue weighted by Gasteiger charge is -2.13. The summed E-state index contributed by atoms with van der Waals surface area (Å²) in [7, 11) is 0. The maximum absolute atomic E-state index is 13.5. The molecule has 0 amide bonds. The molecule has 2 N–H and O–H groups in total. The minimum Gasteiger partial charge on any atom is -0.336 e. The molecule has 0 atom stereocenters. The number of nitrogens with zero attached hydrogens (tertiary/aromatic N) is 3. The molecule has 1 aliphatic rings. The number of benzene rings is 1. The van der Waals surface area contributed by atoms with Crippen LogP contribution in [0, 0.1) is 5.82 Å². The molecule has 7 heteroatoms. The molecule has 3 aromatic rings. The van der Waals surface area contributed by atoms with Crippen molar-refractivity contribution in [2.24, 2.45) is 0 Å². The van der Waals surface area contributed by atoms with Gasteiger partial charge in [0.25, 0.3) is 0 Å². The predicted molar refractivity (Wildman–Crippen MR) is 99.3 cm³/mol. The van der Waals surface area contributed by atoms with Gasteiger partial charge in [0.1, 0.15) is 11.6 Å². The highest BCUT2D eigenvalue weighted by molar-refractivity contribution is 5.73. The van der Waals surface area contributed by atoms with E-state index < -0.39 is 0 Å². The van der Waals surface area contributed by atoms with Crippen LogP contribution in [0.4, 0.5) is 16.0 Å². The summed E-state index contributed by atoms with van der Waals surface area (Å²) in [5.41, 5.74) is 1.27. The monoisotopic (exact) mass is 355 g/mol. The third-order valence-electron chi connectivity index (χ3n) is 4.91. The lowest BCUT2D eigenvalue weighted by Crippen LogP contribution is -2.18. The van der Waals surface area contributed by atoms with E-state index in [9.17, 15) is 9.18 Å². The van der Waals surface area contributed by atoms with Crippen LogP contribution in [0.3, 0.4) is 0 Å². The molecule has 1 aliphatic carbocycles. The highest BCUT2D eigenvalue weighted by atomic mass is 19.1. The molecule has 2 aromatic heterocycles. The molecule has 0 spiro atoms. The third-order valence-corrected chi connectivity index (χ3v) is 4.91. The van der Waals surface area contributed by atoms with Crippen molar-refractivity contribution in [1.82, 2.24) is 19.5 Å². The van der Waals surface area contributed by atoms with Crippen molar-refractivity contribution in [3.05, 3.63) is 46.3 Å². The number of aromatic nitrogens is 4. The van der Waals surface area contributed by atoms with Crippen LogP contribution in [0.5, 0.6) is 0 Å². The maximum atomic E-state index is 13.5. The van der Waals surface area contributed by atoms with E-state index in [4.69, 9.17) is 4.98 Å². The van der Waals surface area contributed by atoms with Crippen LogP contribution in [0.1, 0.15) is 50.8 Å². The number of hydrogen-bond acceptors (Lipinski definition) is 4. The number of imidazole rings is 1. The van der Waals surface area contributed by atoms with Crippen molar-refractivity contribution in [3.8, 4) is 0 Å². The minimum absolute atomic E-state index is 0.344. The summed E-state index contributed by atoms with van der Waals surface area (Å²) in [5, 5.41) is 3.07. The molecule has 1 saturated carbocycles. The first-order chi connectivity index (χ1) is 12.7. The Bertz CT molecular complexity index is 987. The summed E-state index contributed by atoms with van der Waals surface area (Å²) in [6, 6.07) is 6.11. The minimum atomic E-state index is -0.344. The average Bonchev–Trinajstić information content (AvgIpc) is 3.28. The topological polar surface area (TPSA) is 75.6 Å². The molecule has 136 valence electrons. The molecule has 2 heterocycles. The number of hydrogen-bond donors (Lipinski definition) is 2. The van der Waals surface area contributed by atoms with E-state index in [-0.39, 0.29) is 11.4 Å². The second kappa shape index (κ2) is 6.90. The van der Waals surface area contributed by atoms with Gasteiger partial charge in [-0.15, -0.1) is 0 Å². The molecule has 1 aromatic carbocycles. The van der Waals surface area contributed by atoms with Crippen molar-refractivity contribution in [3.63, 3.8) is 0 Å². The molecule has 0 saturated heterocycles. The maximum Gasteiger partial charge on any atom is 0.300 e. The third kappa shape index (κ3) is 3.09. The molecule has 4 rings (SSSR count). The van der Waals surface area contributed by atoms with E-state index in [1.165, 1.54) is 25.0 Å². The molecular weight excluding hydrogens is 333 g/mol. The molecule has 0 aliphatic heterocycles. The van der Waals surface area contributed by atoms with Crippen LogP contribution in [0.2, 0.25) is 0 Å². The van der Waals surface area contributed by atoms with Gasteiger partial charge in [-0.05, 0) is 37.5 Å². The molecule has 0 unspecified atom stereocenters. The zero-order valence-corrected chi connectivity index (χ0v) is 14.8. The van der Waals surface area contributed by atoms with Gasteiger partial charge in [0.2, 0.25) is 5.95 Å². The second-order valence-corrected chi connectivity index (χ2v) is 6.83. The van der Waals surface area contributed by atoms with Crippen LogP contribution in [-0.4, -0.2) is 19.5 Å². The Hall–Kier alpha value is -2.70. The fourth-order valence-electron chi connectivity index (χ4n) is 3.66. The fourth-order valence-corrected chi connectivity index (χ4v) is 3.66. The number of aryl methyl sites for hydroxylation is 1. The first kappa shape index (κ1) is 16.8. The van der Waals surface area contributed by atoms with Crippen LogP contribution in [0.15, 0.2) is 29.1 Å². The SMILES string of the molecule is CCCn1c(Nc2cccc(F)c2)nc(=O)c2[nH]c(C3CCCC3)nc21. The Morgan fingerprint density at radius 1 is 1.31 bits per heavy atom. The van der Waals surface area contributed by atoms with Gasteiger partial charge in [-0.1, -0.05) is 25.8 Å². The van der Waals surface area contributed by atoms with Crippen LogP contribution >= 0.6 is 0 Å². The summed E-state index contributed by atoms with van der Waals surface area (Å²) >= 11 is 0. The number of rotatable bonds is 5. The van der Waals surface area contributed by atoms with Gasteiger partial charge in [0.15, 0.2) is 11.2 Å². The van der Waals surface area contributed by atoms with Gasteiger partial charge in [-0.25, -0.2) is 9.37 Å². The summed E-state index contributed by atoms with van der Waals surface area (Å²) in [6.45, 7) is 2.72. The first-order valence-corrected chi connectivity index (χ1v) is 9.18. The quantitative estimate of drug-likeness (QED) is 0.723. The molecule has 26 heavy (non-hydrogen) atoms. The average molecular weight is 355 g/mol. The molecule has 1 fully saturated rings. The number of anilines is 2. The Balaban J connectivity index is 1.81. The van der Waals surface area contributed by atoms with E-state index in [2.05, 4.69) is 22.2 Å². The van der Waals surface area contributed by atoms with Gasteiger partial charge in [-0.2, -0.15) is 4.98 Å². The summed E-state index contributed by atoms with van der Waals surface area (Å²) in [5.74, 6) is 1.31.